The Hall–Kier alpha value is -2.45. The Bertz CT molecular complexity index is 761. The first kappa shape index (κ1) is 18.9. The van der Waals surface area contributed by atoms with E-state index in [1.54, 1.807) is 12.0 Å². The van der Waals surface area contributed by atoms with Gasteiger partial charge in [-0.25, -0.2) is 5.01 Å². The summed E-state index contributed by atoms with van der Waals surface area (Å²) in [6.07, 6.45) is 2.24. The minimum Gasteiger partial charge on any atom is -0.497 e. The van der Waals surface area contributed by atoms with E-state index in [-0.39, 0.29) is 18.4 Å². The van der Waals surface area contributed by atoms with Gasteiger partial charge in [0.2, 0.25) is 11.8 Å². The number of nitrogens with zero attached hydrogens (tertiary/aromatic N) is 3. The van der Waals surface area contributed by atoms with Gasteiger partial charge in [0.1, 0.15) is 12.3 Å². The van der Waals surface area contributed by atoms with Crippen molar-refractivity contribution in [1.29, 1.82) is 0 Å². The van der Waals surface area contributed by atoms with Crippen LogP contribution in [0.15, 0.2) is 29.4 Å². The van der Waals surface area contributed by atoms with Crippen LogP contribution in [0.4, 0.5) is 0 Å². The highest BCUT2D eigenvalue weighted by molar-refractivity contribution is 6.04. The molecule has 3 aliphatic heterocycles. The van der Waals surface area contributed by atoms with E-state index >= 15 is 0 Å². The predicted molar refractivity (Wildman–Crippen MR) is 101 cm³/mol. The lowest BCUT2D eigenvalue weighted by Crippen LogP contribution is -2.50. The number of amides is 2. The lowest BCUT2D eigenvalue weighted by atomic mass is 10.0. The van der Waals surface area contributed by atoms with E-state index in [1.807, 2.05) is 24.3 Å². The maximum atomic E-state index is 12.7. The molecule has 4 rings (SSSR count). The summed E-state index contributed by atoms with van der Waals surface area (Å²) in [6, 6.07) is 7.55. The second kappa shape index (κ2) is 7.89. The van der Waals surface area contributed by atoms with Crippen molar-refractivity contribution < 1.29 is 23.8 Å². The molecule has 150 valence electrons. The van der Waals surface area contributed by atoms with Crippen molar-refractivity contribution in [2.75, 3.05) is 40.0 Å². The quantitative estimate of drug-likeness (QED) is 0.780. The standard InChI is InChI=1S/C20H25N3O5/c1-26-16-4-2-15(3-5-16)17-6-7-18(24)23(21-17)14-19(25)22-10-8-20(9-11-22)27-12-13-28-20/h2-5H,6-14H2,1H3. The molecule has 0 N–H and O–H groups in total. The molecule has 0 atom stereocenters. The van der Waals surface area contributed by atoms with Crippen LogP contribution in [0.25, 0.3) is 0 Å². The van der Waals surface area contributed by atoms with Gasteiger partial charge in [-0.15, -0.1) is 0 Å². The third-order valence-electron chi connectivity index (χ3n) is 5.50. The SMILES string of the molecule is COc1ccc(C2=NN(CC(=O)N3CCC4(CC3)OCCO4)C(=O)CC2)cc1. The Morgan fingerprint density at radius 1 is 1.14 bits per heavy atom. The van der Waals surface area contributed by atoms with Crippen LogP contribution in [0, 0.1) is 0 Å². The molecular formula is C20H25N3O5. The van der Waals surface area contributed by atoms with Crippen LogP contribution in [-0.2, 0) is 19.1 Å². The normalized spacial score (nSPS) is 21.8. The molecule has 3 aliphatic rings. The summed E-state index contributed by atoms with van der Waals surface area (Å²) >= 11 is 0. The highest BCUT2D eigenvalue weighted by Crippen LogP contribution is 2.31. The van der Waals surface area contributed by atoms with Crippen molar-refractivity contribution >= 4 is 17.5 Å². The molecule has 0 bridgehead atoms. The van der Waals surface area contributed by atoms with E-state index in [9.17, 15) is 9.59 Å². The highest BCUT2D eigenvalue weighted by Gasteiger charge is 2.41. The Labute approximate surface area is 164 Å². The fourth-order valence-corrected chi connectivity index (χ4v) is 3.83. The topological polar surface area (TPSA) is 80.7 Å². The number of likely N-dealkylation sites (tertiary alicyclic amines) is 1. The van der Waals surface area contributed by atoms with Gasteiger partial charge in [0.05, 0.1) is 26.0 Å². The van der Waals surface area contributed by atoms with Crippen LogP contribution in [-0.4, -0.2) is 73.2 Å². The summed E-state index contributed by atoms with van der Waals surface area (Å²) < 4.78 is 16.6. The molecule has 2 fully saturated rings. The van der Waals surface area contributed by atoms with Gasteiger partial charge in [-0.2, -0.15) is 5.10 Å². The molecule has 2 saturated heterocycles. The zero-order valence-corrected chi connectivity index (χ0v) is 16.1. The molecule has 3 heterocycles. The first-order valence-corrected chi connectivity index (χ1v) is 9.66. The average molecular weight is 387 g/mol. The second-order valence-corrected chi connectivity index (χ2v) is 7.21. The van der Waals surface area contributed by atoms with E-state index < -0.39 is 5.79 Å². The second-order valence-electron chi connectivity index (χ2n) is 7.21. The molecule has 0 radical (unpaired) electrons. The number of hydrogen-bond donors (Lipinski definition) is 0. The van der Waals surface area contributed by atoms with Crippen LogP contribution >= 0.6 is 0 Å². The van der Waals surface area contributed by atoms with Crippen LogP contribution in [0.1, 0.15) is 31.2 Å². The minimum absolute atomic E-state index is 0.0345. The molecular weight excluding hydrogens is 362 g/mol. The Kier molecular flexibility index (Phi) is 5.32. The first-order valence-electron chi connectivity index (χ1n) is 9.66. The monoisotopic (exact) mass is 387 g/mol. The van der Waals surface area contributed by atoms with Gasteiger partial charge >= 0.3 is 0 Å². The van der Waals surface area contributed by atoms with Crippen molar-refractivity contribution in [1.82, 2.24) is 9.91 Å². The van der Waals surface area contributed by atoms with Gasteiger partial charge in [0.25, 0.3) is 0 Å². The molecule has 28 heavy (non-hydrogen) atoms. The number of ether oxygens (including phenoxy) is 3. The maximum absolute atomic E-state index is 12.7. The van der Waals surface area contributed by atoms with Crippen LogP contribution in [0.3, 0.4) is 0 Å². The molecule has 0 aliphatic carbocycles. The van der Waals surface area contributed by atoms with Crippen molar-refractivity contribution in [3.63, 3.8) is 0 Å². The van der Waals surface area contributed by atoms with E-state index in [0.717, 1.165) is 17.0 Å². The van der Waals surface area contributed by atoms with E-state index in [0.29, 0.717) is 52.0 Å². The van der Waals surface area contributed by atoms with Crippen molar-refractivity contribution in [3.8, 4) is 5.75 Å². The van der Waals surface area contributed by atoms with Gasteiger partial charge in [0.15, 0.2) is 5.79 Å². The van der Waals surface area contributed by atoms with Crippen LogP contribution in [0.2, 0.25) is 0 Å². The first-order chi connectivity index (χ1) is 13.6. The molecule has 1 aromatic carbocycles. The van der Waals surface area contributed by atoms with Gasteiger partial charge in [-0.1, -0.05) is 0 Å². The van der Waals surface area contributed by atoms with Crippen molar-refractivity contribution in [3.05, 3.63) is 29.8 Å². The van der Waals surface area contributed by atoms with Crippen LogP contribution < -0.4 is 4.74 Å². The minimum atomic E-state index is -0.516. The number of carbonyl (C=O) groups is 2. The number of benzene rings is 1. The average Bonchev–Trinajstić information content (AvgIpc) is 3.18. The Morgan fingerprint density at radius 3 is 2.46 bits per heavy atom. The van der Waals surface area contributed by atoms with Gasteiger partial charge in [0, 0.05) is 38.8 Å². The summed E-state index contributed by atoms with van der Waals surface area (Å²) in [5, 5.41) is 5.76. The number of rotatable bonds is 4. The third kappa shape index (κ3) is 3.88. The Balaban J connectivity index is 1.39. The largest absolute Gasteiger partial charge is 0.497 e. The molecule has 8 heteroatoms. The maximum Gasteiger partial charge on any atom is 0.244 e. The summed E-state index contributed by atoms with van der Waals surface area (Å²) in [7, 11) is 1.62. The van der Waals surface area contributed by atoms with Gasteiger partial charge in [-0.05, 0) is 29.8 Å². The molecule has 2 amide bonds. The fourth-order valence-electron chi connectivity index (χ4n) is 3.83. The molecule has 0 saturated carbocycles. The summed E-state index contributed by atoms with van der Waals surface area (Å²) in [5.41, 5.74) is 1.74. The molecule has 0 unspecified atom stereocenters. The number of methoxy groups -OCH3 is 1. The number of hydrazone groups is 1. The van der Waals surface area contributed by atoms with E-state index in [4.69, 9.17) is 14.2 Å². The summed E-state index contributed by atoms with van der Waals surface area (Å²) in [5.74, 6) is 0.0288. The third-order valence-corrected chi connectivity index (χ3v) is 5.50. The number of piperidine rings is 1. The van der Waals surface area contributed by atoms with Gasteiger partial charge < -0.3 is 19.1 Å². The van der Waals surface area contributed by atoms with Gasteiger partial charge in [-0.3, -0.25) is 9.59 Å². The highest BCUT2D eigenvalue weighted by atomic mass is 16.7. The lowest BCUT2D eigenvalue weighted by molar-refractivity contribution is -0.187. The predicted octanol–water partition coefficient (Wildman–Crippen LogP) is 1.39. The molecule has 1 spiro atoms. The fraction of sp³-hybridized carbons (Fsp3) is 0.550. The number of carbonyl (C=O) groups excluding carboxylic acids is 2. The molecule has 8 nitrogen and oxygen atoms in total. The molecule has 0 aromatic heterocycles. The van der Waals surface area contributed by atoms with Crippen molar-refractivity contribution in [2.24, 2.45) is 5.10 Å². The van der Waals surface area contributed by atoms with E-state index in [1.165, 1.54) is 5.01 Å². The number of hydrogen-bond acceptors (Lipinski definition) is 6. The smallest absolute Gasteiger partial charge is 0.244 e. The lowest BCUT2D eigenvalue weighted by Gasteiger charge is -2.38. The van der Waals surface area contributed by atoms with E-state index in [2.05, 4.69) is 5.10 Å². The van der Waals surface area contributed by atoms with Crippen molar-refractivity contribution in [2.45, 2.75) is 31.5 Å². The molecule has 1 aromatic rings. The summed E-state index contributed by atoms with van der Waals surface area (Å²) in [4.78, 5) is 26.8. The van der Waals surface area contributed by atoms with Crippen LogP contribution in [0.5, 0.6) is 5.75 Å². The zero-order valence-electron chi connectivity index (χ0n) is 16.1. The Morgan fingerprint density at radius 2 is 1.82 bits per heavy atom. The zero-order chi connectivity index (χ0) is 19.6. The summed E-state index contributed by atoms with van der Waals surface area (Å²) in [6.45, 7) is 2.32.